The third-order valence-electron chi connectivity index (χ3n) is 4.81. The molecule has 0 radical (unpaired) electrons. The van der Waals surface area contributed by atoms with Crippen LogP contribution in [0.5, 0.6) is 0 Å². The number of carbonyl (C=O) groups is 1. The van der Waals surface area contributed by atoms with Gasteiger partial charge in [-0.25, -0.2) is 9.97 Å². The number of nitrogens with zero attached hydrogens (tertiary/aromatic N) is 3. The smallest absolute Gasteiger partial charge is 0.275 e. The summed E-state index contributed by atoms with van der Waals surface area (Å²) < 4.78 is 11.5. The van der Waals surface area contributed by atoms with Crippen molar-refractivity contribution in [3.05, 3.63) is 47.9 Å². The number of rotatable bonds is 3. The van der Waals surface area contributed by atoms with Gasteiger partial charge in [-0.2, -0.15) is 0 Å². The van der Waals surface area contributed by atoms with Crippen LogP contribution in [0.1, 0.15) is 28.9 Å². The van der Waals surface area contributed by atoms with Gasteiger partial charge in [0, 0.05) is 31.6 Å². The molecular weight excluding hydrogens is 332 g/mol. The van der Waals surface area contributed by atoms with Crippen molar-refractivity contribution in [1.29, 1.82) is 0 Å². The molecule has 1 spiro atoms. The summed E-state index contributed by atoms with van der Waals surface area (Å²) in [7, 11) is 0. The summed E-state index contributed by atoms with van der Waals surface area (Å²) >= 11 is 0. The molecule has 4 rings (SSSR count). The van der Waals surface area contributed by atoms with Gasteiger partial charge in [-0.1, -0.05) is 12.1 Å². The lowest BCUT2D eigenvalue weighted by molar-refractivity contribution is -0.169. The zero-order valence-corrected chi connectivity index (χ0v) is 14.8. The molecule has 2 saturated heterocycles. The van der Waals surface area contributed by atoms with E-state index in [4.69, 9.17) is 9.47 Å². The maximum Gasteiger partial charge on any atom is 0.275 e. The monoisotopic (exact) mass is 354 g/mol. The molecule has 2 aliphatic heterocycles. The molecule has 1 amide bonds. The highest BCUT2D eigenvalue weighted by Crippen LogP contribution is 2.32. The van der Waals surface area contributed by atoms with Crippen molar-refractivity contribution in [2.45, 2.75) is 25.6 Å². The highest BCUT2D eigenvalue weighted by Gasteiger charge is 2.40. The number of carbonyl (C=O) groups excluding carboxylic acids is 1. The highest BCUT2D eigenvalue weighted by molar-refractivity contribution is 6.02. The first-order valence-electron chi connectivity index (χ1n) is 8.87. The van der Waals surface area contributed by atoms with Crippen LogP contribution in [0.15, 0.2) is 36.7 Å². The Balaban J connectivity index is 1.38. The number of hydrogen-bond acceptors (Lipinski definition) is 6. The molecule has 1 aromatic heterocycles. The fourth-order valence-corrected chi connectivity index (χ4v) is 3.38. The van der Waals surface area contributed by atoms with Crippen molar-refractivity contribution in [2.75, 3.05) is 36.5 Å². The summed E-state index contributed by atoms with van der Waals surface area (Å²) in [6.45, 7) is 4.91. The molecular formula is C19H22N4O3. The van der Waals surface area contributed by atoms with Gasteiger partial charge in [-0.3, -0.25) is 4.79 Å². The van der Waals surface area contributed by atoms with Crippen molar-refractivity contribution in [3.63, 3.8) is 0 Å². The Bertz CT molecular complexity index is 778. The summed E-state index contributed by atoms with van der Waals surface area (Å²) in [6.07, 6.45) is 4.79. The lowest BCUT2D eigenvalue weighted by Crippen LogP contribution is -2.45. The molecule has 0 atom stereocenters. The second-order valence-electron chi connectivity index (χ2n) is 6.68. The van der Waals surface area contributed by atoms with Crippen molar-refractivity contribution in [2.24, 2.45) is 0 Å². The number of ether oxygens (including phenoxy) is 2. The van der Waals surface area contributed by atoms with Crippen LogP contribution in [0, 0.1) is 6.92 Å². The van der Waals surface area contributed by atoms with Gasteiger partial charge in [0.15, 0.2) is 5.79 Å². The van der Waals surface area contributed by atoms with Crippen LogP contribution in [0.2, 0.25) is 0 Å². The Kier molecular flexibility index (Phi) is 4.57. The SMILES string of the molecule is Cc1cccc(NC(=O)c2cnc(N3CCC4(CC3)OCCO4)cn2)c1. The molecule has 1 N–H and O–H groups in total. The number of aryl methyl sites for hydroxylation is 1. The second kappa shape index (κ2) is 7.01. The van der Waals surface area contributed by atoms with Gasteiger partial charge in [0.05, 0.1) is 25.6 Å². The average Bonchev–Trinajstić information content (AvgIpc) is 3.11. The molecule has 7 heteroatoms. The summed E-state index contributed by atoms with van der Waals surface area (Å²) in [6, 6.07) is 7.65. The number of nitrogens with one attached hydrogen (secondary N) is 1. The van der Waals surface area contributed by atoms with Crippen LogP contribution in [0.3, 0.4) is 0 Å². The number of anilines is 2. The van der Waals surface area contributed by atoms with Crippen LogP contribution >= 0.6 is 0 Å². The fourth-order valence-electron chi connectivity index (χ4n) is 3.38. The molecule has 2 fully saturated rings. The van der Waals surface area contributed by atoms with Crippen LogP contribution < -0.4 is 10.2 Å². The average molecular weight is 354 g/mol. The Morgan fingerprint density at radius 2 is 1.92 bits per heavy atom. The molecule has 0 bridgehead atoms. The van der Waals surface area contributed by atoms with Crippen molar-refractivity contribution < 1.29 is 14.3 Å². The van der Waals surface area contributed by atoms with E-state index in [1.807, 2.05) is 31.2 Å². The molecule has 7 nitrogen and oxygen atoms in total. The zero-order valence-electron chi connectivity index (χ0n) is 14.8. The Morgan fingerprint density at radius 3 is 2.58 bits per heavy atom. The van der Waals surface area contributed by atoms with Crippen LogP contribution in [-0.4, -0.2) is 48.0 Å². The van der Waals surface area contributed by atoms with E-state index in [2.05, 4.69) is 20.2 Å². The van der Waals surface area contributed by atoms with Gasteiger partial charge in [0.1, 0.15) is 11.5 Å². The Morgan fingerprint density at radius 1 is 1.15 bits per heavy atom. The van der Waals surface area contributed by atoms with Crippen molar-refractivity contribution in [1.82, 2.24) is 9.97 Å². The van der Waals surface area contributed by atoms with E-state index in [-0.39, 0.29) is 5.91 Å². The van der Waals surface area contributed by atoms with Gasteiger partial charge in [-0.15, -0.1) is 0 Å². The first-order chi connectivity index (χ1) is 12.6. The van der Waals surface area contributed by atoms with Crippen molar-refractivity contribution in [3.8, 4) is 0 Å². The predicted octanol–water partition coefficient (Wildman–Crippen LogP) is 2.38. The normalized spacial score (nSPS) is 18.9. The topological polar surface area (TPSA) is 76.6 Å². The number of hydrogen-bond donors (Lipinski definition) is 1. The Hall–Kier alpha value is -2.51. The largest absolute Gasteiger partial charge is 0.355 e. The van der Waals surface area contributed by atoms with Crippen molar-refractivity contribution >= 4 is 17.4 Å². The standard InChI is InChI=1S/C19H22N4O3/c1-14-3-2-4-15(11-14)22-18(24)16-12-21-17(13-20-16)23-7-5-19(6-8-23)25-9-10-26-19/h2-4,11-13H,5-10H2,1H3,(H,22,24). The molecule has 2 aliphatic rings. The molecule has 3 heterocycles. The molecule has 2 aromatic rings. The number of amides is 1. The first kappa shape index (κ1) is 16.9. The minimum absolute atomic E-state index is 0.264. The maximum absolute atomic E-state index is 12.3. The molecule has 136 valence electrons. The zero-order chi connectivity index (χ0) is 18.0. The summed E-state index contributed by atoms with van der Waals surface area (Å²) in [4.78, 5) is 23.2. The molecule has 0 saturated carbocycles. The first-order valence-corrected chi connectivity index (χ1v) is 8.87. The lowest BCUT2D eigenvalue weighted by atomic mass is 10.0. The quantitative estimate of drug-likeness (QED) is 0.912. The molecule has 26 heavy (non-hydrogen) atoms. The van der Waals surface area contributed by atoms with Gasteiger partial charge in [-0.05, 0) is 24.6 Å². The van der Waals surface area contributed by atoms with E-state index >= 15 is 0 Å². The third-order valence-corrected chi connectivity index (χ3v) is 4.81. The number of piperidine rings is 1. The molecule has 0 aliphatic carbocycles. The van der Waals surface area contributed by atoms with Crippen LogP contribution in [0.4, 0.5) is 11.5 Å². The third kappa shape index (κ3) is 3.54. The fraction of sp³-hybridized carbons (Fsp3) is 0.421. The van der Waals surface area contributed by atoms with E-state index in [0.29, 0.717) is 18.9 Å². The Labute approximate surface area is 152 Å². The van der Waals surface area contributed by atoms with E-state index in [1.54, 1.807) is 6.20 Å². The number of aromatic nitrogens is 2. The minimum atomic E-state index is -0.405. The summed E-state index contributed by atoms with van der Waals surface area (Å²) in [5.41, 5.74) is 2.13. The van der Waals surface area contributed by atoms with Gasteiger partial charge in [0.2, 0.25) is 0 Å². The summed E-state index contributed by atoms with van der Waals surface area (Å²) in [5.74, 6) is 0.0994. The predicted molar refractivity (Wildman–Crippen MR) is 97.2 cm³/mol. The van der Waals surface area contributed by atoms with E-state index in [9.17, 15) is 4.79 Å². The van der Waals surface area contributed by atoms with Gasteiger partial charge < -0.3 is 19.7 Å². The minimum Gasteiger partial charge on any atom is -0.355 e. The van der Waals surface area contributed by atoms with E-state index in [0.717, 1.165) is 43.0 Å². The van der Waals surface area contributed by atoms with E-state index < -0.39 is 5.79 Å². The highest BCUT2D eigenvalue weighted by atomic mass is 16.7. The lowest BCUT2D eigenvalue weighted by Gasteiger charge is -2.37. The molecule has 0 unspecified atom stereocenters. The number of benzene rings is 1. The van der Waals surface area contributed by atoms with E-state index in [1.165, 1.54) is 6.20 Å². The van der Waals surface area contributed by atoms with Gasteiger partial charge >= 0.3 is 0 Å². The van der Waals surface area contributed by atoms with Gasteiger partial charge in [0.25, 0.3) is 5.91 Å². The summed E-state index contributed by atoms with van der Waals surface area (Å²) in [5, 5.41) is 2.84. The maximum atomic E-state index is 12.3. The second-order valence-corrected chi connectivity index (χ2v) is 6.68. The molecule has 1 aromatic carbocycles. The van der Waals surface area contributed by atoms with Crippen LogP contribution in [0.25, 0.3) is 0 Å². The van der Waals surface area contributed by atoms with Crippen LogP contribution in [-0.2, 0) is 9.47 Å².